The van der Waals surface area contributed by atoms with Gasteiger partial charge in [0.15, 0.2) is 0 Å². The lowest BCUT2D eigenvalue weighted by Crippen LogP contribution is -2.30. The van der Waals surface area contributed by atoms with Crippen molar-refractivity contribution in [1.82, 2.24) is 4.31 Å². The molecule has 0 amide bonds. The third-order valence-electron chi connectivity index (χ3n) is 2.97. The van der Waals surface area contributed by atoms with Gasteiger partial charge in [-0.2, -0.15) is 4.31 Å². The third kappa shape index (κ3) is 2.74. The molecule has 0 bridgehead atoms. The quantitative estimate of drug-likeness (QED) is 0.903. The SMILES string of the molecule is O=C(O)C1CCN(S(=O)(=O)c2cc(F)cc(F)c2)C1. The monoisotopic (exact) mass is 291 g/mol. The van der Waals surface area contributed by atoms with Gasteiger partial charge in [-0.05, 0) is 18.6 Å². The summed E-state index contributed by atoms with van der Waals surface area (Å²) in [5.41, 5.74) is 0. The first-order valence-electron chi connectivity index (χ1n) is 5.50. The Morgan fingerprint density at radius 1 is 1.26 bits per heavy atom. The van der Waals surface area contributed by atoms with Gasteiger partial charge < -0.3 is 5.11 Å². The number of hydrogen-bond donors (Lipinski definition) is 1. The molecule has 1 aliphatic heterocycles. The van der Waals surface area contributed by atoms with Crippen LogP contribution in [0, 0.1) is 17.6 Å². The molecule has 1 saturated heterocycles. The van der Waals surface area contributed by atoms with Crippen LogP contribution in [-0.4, -0.2) is 36.9 Å². The van der Waals surface area contributed by atoms with Gasteiger partial charge in [0.05, 0.1) is 10.8 Å². The zero-order valence-corrected chi connectivity index (χ0v) is 10.5. The number of hydrogen-bond acceptors (Lipinski definition) is 3. The molecule has 0 spiro atoms. The van der Waals surface area contributed by atoms with E-state index in [0.29, 0.717) is 18.2 Å². The van der Waals surface area contributed by atoms with Crippen LogP contribution in [-0.2, 0) is 14.8 Å². The van der Waals surface area contributed by atoms with Gasteiger partial charge in [0.2, 0.25) is 10.0 Å². The molecule has 0 saturated carbocycles. The summed E-state index contributed by atoms with van der Waals surface area (Å²) in [7, 11) is -4.06. The van der Waals surface area contributed by atoms with Gasteiger partial charge in [-0.1, -0.05) is 0 Å². The van der Waals surface area contributed by atoms with E-state index in [4.69, 9.17) is 5.11 Å². The molecule has 1 heterocycles. The first kappa shape index (κ1) is 13.9. The second kappa shape index (κ2) is 4.86. The number of nitrogens with zero attached hydrogens (tertiary/aromatic N) is 1. The van der Waals surface area contributed by atoms with E-state index in [2.05, 4.69) is 0 Å². The van der Waals surface area contributed by atoms with Crippen molar-refractivity contribution in [1.29, 1.82) is 0 Å². The van der Waals surface area contributed by atoms with Crippen LogP contribution in [0.4, 0.5) is 8.78 Å². The minimum absolute atomic E-state index is 0.0252. The first-order chi connectivity index (χ1) is 8.80. The molecular formula is C11H11F2NO4S. The number of carbonyl (C=O) groups is 1. The van der Waals surface area contributed by atoms with E-state index in [9.17, 15) is 22.0 Å². The summed E-state index contributed by atoms with van der Waals surface area (Å²) in [6.45, 7) is -0.159. The van der Waals surface area contributed by atoms with Crippen LogP contribution < -0.4 is 0 Å². The summed E-state index contributed by atoms with van der Waals surface area (Å²) in [6.07, 6.45) is 0.187. The van der Waals surface area contributed by atoms with Gasteiger partial charge in [0.1, 0.15) is 11.6 Å². The molecule has 104 valence electrons. The summed E-state index contributed by atoms with van der Waals surface area (Å²) in [4.78, 5) is 10.3. The highest BCUT2D eigenvalue weighted by Crippen LogP contribution is 2.25. The summed E-state index contributed by atoms with van der Waals surface area (Å²) in [6, 6.07) is 2.00. The largest absolute Gasteiger partial charge is 0.481 e. The topological polar surface area (TPSA) is 74.7 Å². The highest BCUT2D eigenvalue weighted by atomic mass is 32.2. The molecule has 19 heavy (non-hydrogen) atoms. The minimum Gasteiger partial charge on any atom is -0.481 e. The Morgan fingerprint density at radius 2 is 1.84 bits per heavy atom. The number of benzene rings is 1. The van der Waals surface area contributed by atoms with Crippen molar-refractivity contribution in [2.45, 2.75) is 11.3 Å². The van der Waals surface area contributed by atoms with Gasteiger partial charge in [-0.15, -0.1) is 0 Å². The standard InChI is InChI=1S/C11H11F2NO4S/c12-8-3-9(13)5-10(4-8)19(17,18)14-2-1-7(6-14)11(15)16/h3-5,7H,1-2,6H2,(H,15,16). The van der Waals surface area contributed by atoms with Crippen LogP contribution in [0.3, 0.4) is 0 Å². The van der Waals surface area contributed by atoms with E-state index in [1.165, 1.54) is 0 Å². The van der Waals surface area contributed by atoms with E-state index in [-0.39, 0.29) is 19.5 Å². The molecule has 1 aliphatic rings. The van der Waals surface area contributed by atoms with Crippen molar-refractivity contribution in [3.63, 3.8) is 0 Å². The second-order valence-electron chi connectivity index (χ2n) is 4.29. The summed E-state index contributed by atoms with van der Waals surface area (Å²) >= 11 is 0. The highest BCUT2D eigenvalue weighted by Gasteiger charge is 2.36. The molecule has 0 aliphatic carbocycles. The molecule has 2 rings (SSSR count). The van der Waals surface area contributed by atoms with Crippen molar-refractivity contribution in [3.8, 4) is 0 Å². The molecule has 5 nitrogen and oxygen atoms in total. The molecular weight excluding hydrogens is 280 g/mol. The maximum Gasteiger partial charge on any atom is 0.307 e. The molecule has 0 radical (unpaired) electrons. The average molecular weight is 291 g/mol. The molecule has 1 aromatic carbocycles. The van der Waals surface area contributed by atoms with Gasteiger partial charge in [0.25, 0.3) is 0 Å². The van der Waals surface area contributed by atoms with Crippen LogP contribution in [0.1, 0.15) is 6.42 Å². The second-order valence-corrected chi connectivity index (χ2v) is 6.23. The fourth-order valence-electron chi connectivity index (χ4n) is 1.97. The lowest BCUT2D eigenvalue weighted by molar-refractivity contribution is -0.141. The molecule has 1 aromatic rings. The van der Waals surface area contributed by atoms with Gasteiger partial charge >= 0.3 is 5.97 Å². The van der Waals surface area contributed by atoms with Crippen LogP contribution in [0.25, 0.3) is 0 Å². The van der Waals surface area contributed by atoms with Crippen molar-refractivity contribution in [3.05, 3.63) is 29.8 Å². The predicted molar refractivity (Wildman–Crippen MR) is 60.9 cm³/mol. The zero-order chi connectivity index (χ0) is 14.2. The normalized spacial score (nSPS) is 20.6. The van der Waals surface area contributed by atoms with E-state index in [1.54, 1.807) is 0 Å². The maximum absolute atomic E-state index is 13.0. The molecule has 1 unspecified atom stereocenters. The van der Waals surface area contributed by atoms with Crippen LogP contribution in [0.2, 0.25) is 0 Å². The Bertz CT molecular complexity index is 597. The van der Waals surface area contributed by atoms with Crippen LogP contribution in [0.5, 0.6) is 0 Å². The molecule has 1 fully saturated rings. The predicted octanol–water partition coefficient (Wildman–Crippen LogP) is 1.06. The Labute approximate surface area is 108 Å². The number of carboxylic acids is 1. The van der Waals surface area contributed by atoms with E-state index >= 15 is 0 Å². The van der Waals surface area contributed by atoms with Crippen molar-refractivity contribution < 1.29 is 27.1 Å². The average Bonchev–Trinajstić information content (AvgIpc) is 2.77. The molecule has 1 atom stereocenters. The zero-order valence-electron chi connectivity index (χ0n) is 9.71. The van der Waals surface area contributed by atoms with E-state index in [1.807, 2.05) is 0 Å². The fraction of sp³-hybridized carbons (Fsp3) is 0.364. The van der Waals surface area contributed by atoms with Crippen LogP contribution >= 0.6 is 0 Å². The van der Waals surface area contributed by atoms with Crippen molar-refractivity contribution >= 4 is 16.0 Å². The van der Waals surface area contributed by atoms with Gasteiger partial charge in [0, 0.05) is 19.2 Å². The number of halogens is 2. The maximum atomic E-state index is 13.0. The van der Waals surface area contributed by atoms with Crippen molar-refractivity contribution in [2.24, 2.45) is 5.92 Å². The molecule has 8 heteroatoms. The molecule has 1 N–H and O–H groups in total. The van der Waals surface area contributed by atoms with E-state index in [0.717, 1.165) is 4.31 Å². The lowest BCUT2D eigenvalue weighted by atomic mass is 10.1. The number of sulfonamides is 1. The Balaban J connectivity index is 2.31. The van der Waals surface area contributed by atoms with Crippen LogP contribution in [0.15, 0.2) is 23.1 Å². The summed E-state index contributed by atoms with van der Waals surface area (Å²) in [5.74, 6) is -3.85. The Kier molecular flexibility index (Phi) is 3.55. The fourth-order valence-corrected chi connectivity index (χ4v) is 3.52. The summed E-state index contributed by atoms with van der Waals surface area (Å²) < 4.78 is 51.2. The number of carboxylic acid groups (broad SMARTS) is 1. The number of rotatable bonds is 3. The smallest absolute Gasteiger partial charge is 0.307 e. The van der Waals surface area contributed by atoms with Gasteiger partial charge in [-0.3, -0.25) is 4.79 Å². The lowest BCUT2D eigenvalue weighted by Gasteiger charge is -2.16. The Morgan fingerprint density at radius 3 is 2.32 bits per heavy atom. The Hall–Kier alpha value is -1.54. The van der Waals surface area contributed by atoms with Crippen molar-refractivity contribution in [2.75, 3.05) is 13.1 Å². The first-order valence-corrected chi connectivity index (χ1v) is 6.94. The third-order valence-corrected chi connectivity index (χ3v) is 4.82. The molecule has 0 aromatic heterocycles. The van der Waals surface area contributed by atoms with Gasteiger partial charge in [-0.25, -0.2) is 17.2 Å². The summed E-state index contributed by atoms with van der Waals surface area (Å²) in [5, 5.41) is 8.81. The highest BCUT2D eigenvalue weighted by molar-refractivity contribution is 7.89. The van der Waals surface area contributed by atoms with E-state index < -0.39 is 38.4 Å². The number of aliphatic carboxylic acids is 1. The minimum atomic E-state index is -4.06.